The van der Waals surface area contributed by atoms with Crippen molar-refractivity contribution in [2.24, 2.45) is 0 Å². The Hall–Kier alpha value is -0.830. The molecule has 1 aromatic heterocycles. The normalized spacial score (nSPS) is 11.2. The number of rotatable bonds is 5. The van der Waals surface area contributed by atoms with Gasteiger partial charge in [0.05, 0.1) is 5.69 Å². The van der Waals surface area contributed by atoms with E-state index in [-0.39, 0.29) is 0 Å². The minimum absolute atomic E-state index is 0.585. The lowest BCUT2D eigenvalue weighted by Gasteiger charge is -2.07. The van der Waals surface area contributed by atoms with Crippen LogP contribution in [0.1, 0.15) is 37.2 Å². The summed E-state index contributed by atoms with van der Waals surface area (Å²) < 4.78 is 0. The number of H-pyrrole nitrogens is 1. The summed E-state index contributed by atoms with van der Waals surface area (Å²) in [7, 11) is 0. The predicted octanol–water partition coefficient (Wildman–Crippen LogP) is 1.96. The number of aryl methyl sites for hydroxylation is 2. The van der Waals surface area contributed by atoms with E-state index in [0.29, 0.717) is 6.04 Å². The molecule has 0 aromatic carbocycles. The van der Waals surface area contributed by atoms with Gasteiger partial charge >= 0.3 is 0 Å². The second-order valence-electron chi connectivity index (χ2n) is 4.12. The van der Waals surface area contributed by atoms with Gasteiger partial charge in [-0.3, -0.25) is 5.10 Å². The van der Waals surface area contributed by atoms with Crippen LogP contribution < -0.4 is 5.32 Å². The van der Waals surface area contributed by atoms with E-state index in [4.69, 9.17) is 0 Å². The van der Waals surface area contributed by atoms with E-state index in [0.717, 1.165) is 18.7 Å². The maximum absolute atomic E-state index is 4.18. The summed E-state index contributed by atoms with van der Waals surface area (Å²) in [5, 5.41) is 10.6. The van der Waals surface area contributed by atoms with Crippen molar-refractivity contribution < 1.29 is 0 Å². The van der Waals surface area contributed by atoms with E-state index in [1.165, 1.54) is 17.7 Å². The van der Waals surface area contributed by atoms with Crippen LogP contribution in [-0.2, 0) is 6.42 Å². The van der Waals surface area contributed by atoms with Crippen molar-refractivity contribution in [3.8, 4) is 0 Å². The summed E-state index contributed by atoms with van der Waals surface area (Å²) in [6, 6.07) is 0.585. The number of hydrogen-bond acceptors (Lipinski definition) is 2. The van der Waals surface area contributed by atoms with Crippen molar-refractivity contribution in [2.75, 3.05) is 6.54 Å². The monoisotopic (exact) mass is 195 g/mol. The minimum atomic E-state index is 0.585. The summed E-state index contributed by atoms with van der Waals surface area (Å²) >= 11 is 0. The third-order valence-electron chi connectivity index (χ3n) is 2.44. The van der Waals surface area contributed by atoms with Gasteiger partial charge in [-0.15, -0.1) is 0 Å². The molecule has 0 bridgehead atoms. The minimum Gasteiger partial charge on any atom is -0.315 e. The molecule has 0 aliphatic rings. The summed E-state index contributed by atoms with van der Waals surface area (Å²) in [5.41, 5.74) is 3.75. The highest BCUT2D eigenvalue weighted by Crippen LogP contribution is 2.11. The molecule has 0 aliphatic heterocycles. The largest absolute Gasteiger partial charge is 0.315 e. The van der Waals surface area contributed by atoms with Crippen LogP contribution in [0.3, 0.4) is 0 Å². The van der Waals surface area contributed by atoms with Crippen LogP contribution in [0.25, 0.3) is 0 Å². The Morgan fingerprint density at radius 3 is 2.57 bits per heavy atom. The molecule has 0 unspecified atom stereocenters. The summed E-state index contributed by atoms with van der Waals surface area (Å²) in [5.74, 6) is 0. The van der Waals surface area contributed by atoms with E-state index in [9.17, 15) is 0 Å². The van der Waals surface area contributed by atoms with Crippen LogP contribution in [0.15, 0.2) is 0 Å². The average molecular weight is 195 g/mol. The van der Waals surface area contributed by atoms with Gasteiger partial charge in [0.1, 0.15) is 0 Å². The molecule has 3 heteroatoms. The van der Waals surface area contributed by atoms with Crippen molar-refractivity contribution in [1.82, 2.24) is 15.5 Å². The molecule has 0 saturated carbocycles. The molecule has 0 atom stereocenters. The van der Waals surface area contributed by atoms with Gasteiger partial charge in [-0.25, -0.2) is 0 Å². The Morgan fingerprint density at radius 2 is 2.07 bits per heavy atom. The first-order valence-corrected chi connectivity index (χ1v) is 5.35. The molecule has 0 aliphatic carbocycles. The van der Waals surface area contributed by atoms with Crippen molar-refractivity contribution in [3.63, 3.8) is 0 Å². The van der Waals surface area contributed by atoms with Crippen LogP contribution in [0.5, 0.6) is 0 Å². The highest BCUT2D eigenvalue weighted by molar-refractivity contribution is 5.22. The molecule has 0 radical (unpaired) electrons. The van der Waals surface area contributed by atoms with Gasteiger partial charge < -0.3 is 5.32 Å². The fourth-order valence-electron chi connectivity index (χ4n) is 1.60. The third-order valence-corrected chi connectivity index (χ3v) is 2.44. The predicted molar refractivity (Wildman–Crippen MR) is 59.5 cm³/mol. The van der Waals surface area contributed by atoms with E-state index in [1.54, 1.807) is 0 Å². The topological polar surface area (TPSA) is 40.7 Å². The number of aromatic nitrogens is 2. The maximum atomic E-state index is 4.18. The zero-order valence-electron chi connectivity index (χ0n) is 9.65. The van der Waals surface area contributed by atoms with Crippen molar-refractivity contribution in [2.45, 2.75) is 46.6 Å². The van der Waals surface area contributed by atoms with Crippen molar-refractivity contribution >= 4 is 0 Å². The van der Waals surface area contributed by atoms with E-state index >= 15 is 0 Å². The molecule has 0 amide bonds. The first kappa shape index (κ1) is 11.2. The molecular weight excluding hydrogens is 174 g/mol. The van der Waals surface area contributed by atoms with Crippen molar-refractivity contribution in [1.29, 1.82) is 0 Å². The standard InChI is InChI=1S/C11H21N3/c1-8(2)12-7-5-6-11-9(3)13-14-10(11)4/h8,12H,5-7H2,1-4H3,(H,13,14). The summed E-state index contributed by atoms with van der Waals surface area (Å²) in [6.45, 7) is 9.59. The zero-order chi connectivity index (χ0) is 10.6. The smallest absolute Gasteiger partial charge is 0.0625 e. The van der Waals surface area contributed by atoms with Crippen LogP contribution in [0.2, 0.25) is 0 Å². The maximum Gasteiger partial charge on any atom is 0.0625 e. The van der Waals surface area contributed by atoms with Crippen LogP contribution >= 0.6 is 0 Å². The molecule has 1 aromatic rings. The quantitative estimate of drug-likeness (QED) is 0.705. The Bertz CT molecular complexity index is 257. The molecule has 2 N–H and O–H groups in total. The van der Waals surface area contributed by atoms with Gasteiger partial charge in [0.2, 0.25) is 0 Å². The number of aromatic amines is 1. The van der Waals surface area contributed by atoms with Gasteiger partial charge in [0.25, 0.3) is 0 Å². The van der Waals surface area contributed by atoms with Crippen LogP contribution in [0.4, 0.5) is 0 Å². The molecule has 0 fully saturated rings. The zero-order valence-corrected chi connectivity index (χ0v) is 9.65. The molecule has 1 heterocycles. The third kappa shape index (κ3) is 3.14. The van der Waals surface area contributed by atoms with Crippen LogP contribution in [0, 0.1) is 13.8 Å². The molecule has 14 heavy (non-hydrogen) atoms. The second-order valence-corrected chi connectivity index (χ2v) is 4.12. The summed E-state index contributed by atoms with van der Waals surface area (Å²) in [6.07, 6.45) is 2.30. The second kappa shape index (κ2) is 5.15. The van der Waals surface area contributed by atoms with E-state index in [2.05, 4.69) is 43.2 Å². The molecule has 0 saturated heterocycles. The van der Waals surface area contributed by atoms with E-state index < -0.39 is 0 Å². The SMILES string of the molecule is Cc1n[nH]c(C)c1CCCNC(C)C. The molecule has 1 rings (SSSR count). The first-order chi connectivity index (χ1) is 6.61. The molecular formula is C11H21N3. The molecule has 80 valence electrons. The van der Waals surface area contributed by atoms with Gasteiger partial charge in [0.15, 0.2) is 0 Å². The van der Waals surface area contributed by atoms with E-state index in [1.807, 2.05) is 0 Å². The lowest BCUT2D eigenvalue weighted by molar-refractivity contribution is 0.570. The lowest BCUT2D eigenvalue weighted by Crippen LogP contribution is -2.24. The van der Waals surface area contributed by atoms with Crippen molar-refractivity contribution in [3.05, 3.63) is 17.0 Å². The Labute approximate surface area is 86.3 Å². The first-order valence-electron chi connectivity index (χ1n) is 5.35. The van der Waals surface area contributed by atoms with Gasteiger partial charge in [-0.1, -0.05) is 13.8 Å². The van der Waals surface area contributed by atoms with Gasteiger partial charge in [-0.05, 0) is 38.8 Å². The Morgan fingerprint density at radius 1 is 1.36 bits per heavy atom. The fourth-order valence-corrected chi connectivity index (χ4v) is 1.60. The van der Waals surface area contributed by atoms with Crippen LogP contribution in [-0.4, -0.2) is 22.8 Å². The highest BCUT2D eigenvalue weighted by Gasteiger charge is 2.05. The van der Waals surface area contributed by atoms with Gasteiger partial charge in [0, 0.05) is 11.7 Å². The molecule has 0 spiro atoms. The highest BCUT2D eigenvalue weighted by atomic mass is 15.1. The number of nitrogens with zero attached hydrogens (tertiary/aromatic N) is 1. The summed E-state index contributed by atoms with van der Waals surface area (Å²) in [4.78, 5) is 0. The number of hydrogen-bond donors (Lipinski definition) is 2. The Balaban J connectivity index is 2.31. The number of nitrogens with one attached hydrogen (secondary N) is 2. The Kier molecular flexibility index (Phi) is 4.14. The van der Waals surface area contributed by atoms with Gasteiger partial charge in [-0.2, -0.15) is 5.10 Å². The lowest BCUT2D eigenvalue weighted by atomic mass is 10.1. The fraction of sp³-hybridized carbons (Fsp3) is 0.727. The average Bonchev–Trinajstić information content (AvgIpc) is 2.42. The molecule has 3 nitrogen and oxygen atoms in total.